The molecule has 0 aliphatic carbocycles. The van der Waals surface area contributed by atoms with Gasteiger partial charge in [-0.3, -0.25) is 91.1 Å². The summed E-state index contributed by atoms with van der Waals surface area (Å²) < 4.78 is 15.3. The highest BCUT2D eigenvalue weighted by Gasteiger charge is 2.41. The topological polar surface area (TPSA) is 614 Å². The Bertz CT molecular complexity index is 3680. The van der Waals surface area contributed by atoms with Crippen molar-refractivity contribution in [3.8, 4) is 0 Å². The van der Waals surface area contributed by atoms with Crippen LogP contribution in [-0.2, 0) is 112 Å². The number of aliphatic carboxylic acids is 2. The Morgan fingerprint density at radius 2 is 1.22 bits per heavy atom. The molecule has 114 heavy (non-hydrogen) atoms. The van der Waals surface area contributed by atoms with E-state index in [0.717, 1.165) is 52.4 Å². The summed E-state index contributed by atoms with van der Waals surface area (Å²) in [4.78, 5) is 273. The summed E-state index contributed by atoms with van der Waals surface area (Å²) in [5, 5.41) is 56.6. The van der Waals surface area contributed by atoms with E-state index in [-0.39, 0.29) is 63.0 Å². The number of carbonyl (C=O) groups is 20. The molecule has 628 valence electrons. The van der Waals surface area contributed by atoms with Gasteiger partial charge in [-0.2, -0.15) is 0 Å². The van der Waals surface area contributed by atoms with Crippen molar-refractivity contribution >= 4 is 125 Å². The van der Waals surface area contributed by atoms with Crippen LogP contribution in [0.25, 0.3) is 0 Å². The Balaban J connectivity index is 2.30. The highest BCUT2D eigenvalue weighted by Crippen LogP contribution is 2.25. The fourth-order valence-corrected chi connectivity index (χ4v) is 12.0. The number of ketones is 4. The number of hydrogen-bond donors (Lipinski definition) is 16. The summed E-state index contributed by atoms with van der Waals surface area (Å²) in [7, 11) is 0. The number of ether oxygens (including phenoxy) is 3. The van der Waals surface area contributed by atoms with Crippen molar-refractivity contribution in [3.63, 3.8) is 0 Å². The van der Waals surface area contributed by atoms with E-state index in [9.17, 15) is 111 Å². The van der Waals surface area contributed by atoms with Crippen LogP contribution >= 0.6 is 0 Å². The van der Waals surface area contributed by atoms with Crippen LogP contribution in [0.2, 0.25) is 0 Å². The predicted octanol–water partition coefficient (Wildman–Crippen LogP) is -2.59. The van der Waals surface area contributed by atoms with Gasteiger partial charge in [0.25, 0.3) is 12.9 Å². The number of carboxylic acids is 2. The van der Waals surface area contributed by atoms with Crippen molar-refractivity contribution in [1.29, 1.82) is 0 Å². The Morgan fingerprint density at radius 1 is 0.623 bits per heavy atom. The van der Waals surface area contributed by atoms with Crippen LogP contribution in [0.3, 0.4) is 0 Å². The average molecular weight is 1610 g/mol. The Morgan fingerprint density at radius 3 is 1.83 bits per heavy atom. The molecule has 39 heteroatoms. The van der Waals surface area contributed by atoms with Gasteiger partial charge >= 0.3 is 17.9 Å². The first-order valence-electron chi connectivity index (χ1n) is 37.5. The highest BCUT2D eigenvalue weighted by molar-refractivity contribution is 6.05. The molecular formula is C75H107N13O26. The number of esters is 1. The lowest BCUT2D eigenvalue weighted by Crippen LogP contribution is -2.57. The van der Waals surface area contributed by atoms with Crippen molar-refractivity contribution < 1.29 is 125 Å². The Kier molecular flexibility index (Phi) is 43.9. The van der Waals surface area contributed by atoms with E-state index in [1.165, 1.54) is 25.1 Å². The number of nitrogens with one attached hydrogen (secondary N) is 11. The zero-order chi connectivity index (χ0) is 85.0. The van der Waals surface area contributed by atoms with E-state index in [0.29, 0.717) is 12.0 Å². The van der Waals surface area contributed by atoms with Gasteiger partial charge in [-0.15, -0.1) is 0 Å². The smallest absolute Gasteiger partial charge is 0.329 e. The van der Waals surface area contributed by atoms with Crippen LogP contribution in [0.1, 0.15) is 160 Å². The number of aliphatic hydroxyl groups is 1. The van der Waals surface area contributed by atoms with E-state index in [2.05, 4.69) is 70.1 Å². The second-order valence-electron chi connectivity index (χ2n) is 27.4. The number of cyclic esters (lactones) is 1. The molecule has 0 spiro atoms. The molecule has 1 fully saturated rings. The summed E-state index contributed by atoms with van der Waals surface area (Å²) in [5.74, 6) is -28.9. The van der Waals surface area contributed by atoms with Gasteiger partial charge in [-0.05, 0) is 70.2 Å². The normalized spacial score (nSPS) is 21.3. The Hall–Kier alpha value is -11.6. The zero-order valence-corrected chi connectivity index (χ0v) is 64.4. The third kappa shape index (κ3) is 35.4. The molecular weight excluding hydrogens is 1500 g/mol. The van der Waals surface area contributed by atoms with Crippen LogP contribution in [0.15, 0.2) is 54.6 Å². The fraction of sp³-hybridized carbons (Fsp3) is 0.573. The molecule has 0 saturated carbocycles. The van der Waals surface area contributed by atoms with Gasteiger partial charge in [-0.1, -0.05) is 94.8 Å². The third-order valence-electron chi connectivity index (χ3n) is 18.2. The minimum Gasteiger partial charge on any atom is -0.481 e. The second-order valence-corrected chi connectivity index (χ2v) is 27.4. The maximum atomic E-state index is 15.0. The Labute approximate surface area is 657 Å². The van der Waals surface area contributed by atoms with Gasteiger partial charge in [0.1, 0.15) is 55.6 Å². The largest absolute Gasteiger partial charge is 0.481 e. The van der Waals surface area contributed by atoms with E-state index in [1.54, 1.807) is 43.3 Å². The van der Waals surface area contributed by atoms with Crippen LogP contribution in [0, 0.1) is 23.7 Å². The van der Waals surface area contributed by atoms with Crippen molar-refractivity contribution in [3.05, 3.63) is 65.7 Å². The molecule has 1 heterocycles. The molecule has 0 radical (unpaired) electrons. The molecule has 11 amide bonds. The van der Waals surface area contributed by atoms with Crippen molar-refractivity contribution in [1.82, 2.24) is 53.2 Å². The van der Waals surface area contributed by atoms with E-state index in [1.807, 2.05) is 0 Å². The van der Waals surface area contributed by atoms with Gasteiger partial charge in [-0.25, -0.2) is 4.79 Å². The number of nitrogens with two attached hydrogens (primary N) is 2. The van der Waals surface area contributed by atoms with Gasteiger partial charge < -0.3 is 99.5 Å². The predicted molar refractivity (Wildman–Crippen MR) is 401 cm³/mol. The molecule has 2 aromatic rings. The highest BCUT2D eigenvalue weighted by atomic mass is 16.5. The first-order valence-corrected chi connectivity index (χ1v) is 37.5. The molecule has 1 aliphatic heterocycles. The third-order valence-corrected chi connectivity index (χ3v) is 18.2. The van der Waals surface area contributed by atoms with E-state index in [4.69, 9.17) is 20.9 Å². The van der Waals surface area contributed by atoms with Crippen molar-refractivity contribution in [2.75, 3.05) is 51.3 Å². The molecule has 39 nitrogen and oxygen atoms in total. The number of hydrogen-bond acceptors (Lipinski definition) is 26. The molecule has 0 aromatic heterocycles. The lowest BCUT2D eigenvalue weighted by atomic mass is 9.84. The number of rotatable bonds is 40. The van der Waals surface area contributed by atoms with E-state index < -0.39 is 262 Å². The zero-order valence-electron chi connectivity index (χ0n) is 64.4. The second kappa shape index (κ2) is 51.8. The molecule has 2 aromatic carbocycles. The number of Topliss-reactive ketones (excluding diaryl/α,β-unsaturated/α-hetero) is 4. The summed E-state index contributed by atoms with van der Waals surface area (Å²) in [6.45, 7) is 1.88. The van der Waals surface area contributed by atoms with Crippen LogP contribution in [0.5, 0.6) is 0 Å². The summed E-state index contributed by atoms with van der Waals surface area (Å²) in [5.41, 5.74) is 12.0. The van der Waals surface area contributed by atoms with E-state index >= 15 is 0 Å². The molecule has 1 saturated heterocycles. The van der Waals surface area contributed by atoms with Gasteiger partial charge in [0.2, 0.25) is 65.0 Å². The standard InChI is InChI=1S/C75H107N13O26/c1-6-8-9-10-11-12-16-25-62(97)83-53(28-45-20-14-13-15-21-45)73(109)85-52(34-61(77)96)59(94)29-46(31-66(102)103)69(105)88-67-44(5)114-75(111)54(33-57(92)48-22-17-18-23-50(48)78-7-2)86-71(107)49(42(3)27-65(100)101)32-60(95)55(37-89)84-64(99)35-79-72(108)56(39-113-41-91)87-68(104)43(4)81-70(106)47(38-112-40-90)30-58(93)51(24-19-26-76)82-63(98)36-80-74(67)110/h13-15,17-18,20-23,40-44,46-47,49,51-56,67,78,89H,6-12,16,19,24-39,76H2,1-5H3,(H2,77,96)(H,79,108)(H,80,110)(H,81,106)(H,82,98)(H,83,97)(H,84,99)(H,85,109)(H,86,107)(H,87,104)(H,88,105)(H,100,101)(H,102,103)/t42-,43-,44-,46+,47+,49+,51+,52-,53+,54+,55-,56+,67+/m1/s1. The maximum Gasteiger partial charge on any atom is 0.329 e. The molecule has 0 unspecified atom stereocenters. The number of unbranched alkanes of at least 4 members (excludes halogenated alkanes) is 6. The SMILES string of the molecule is CCCCCCCCCC(=O)N[C@@H](Cc1ccccc1)C(=O)N[C@H](CC(N)=O)C(=O)C[C@@H](CC(=O)O)C(=O)N[C@@H]1C(=O)NCC(=O)N[C@@H](CCCN)C(=O)C[C@@H](COC=O)C(=O)N[C@H](C)C(=O)N[C@@H](COC=O)C(=O)NCC(=O)N[C@H](CO)C(=O)C[C@@H]([C@H](C)CC(=O)O)C(=O)N[C@@H](CC(=O)c2ccccc2NCC)C(=O)O[C@@H]1C. The van der Waals surface area contributed by atoms with Crippen molar-refractivity contribution in [2.45, 2.75) is 205 Å². The van der Waals surface area contributed by atoms with Gasteiger partial charge in [0, 0.05) is 68.7 Å². The number of primary amides is 1. The van der Waals surface area contributed by atoms with Crippen LogP contribution in [0.4, 0.5) is 5.69 Å². The monoisotopic (exact) mass is 1610 g/mol. The molecule has 13 atom stereocenters. The lowest BCUT2D eigenvalue weighted by Gasteiger charge is -2.29. The quantitative estimate of drug-likeness (QED) is 0.0107. The molecule has 3 rings (SSSR count). The number of para-hydroxylation sites is 1. The summed E-state index contributed by atoms with van der Waals surface area (Å²) in [6.07, 6.45) is -3.50. The average Bonchev–Trinajstić information content (AvgIpc) is 0.837. The van der Waals surface area contributed by atoms with Crippen molar-refractivity contribution in [2.24, 2.45) is 35.1 Å². The lowest BCUT2D eigenvalue weighted by molar-refractivity contribution is -0.156. The van der Waals surface area contributed by atoms with Gasteiger partial charge in [0.05, 0.1) is 56.5 Å². The first kappa shape index (κ1) is 96.6. The summed E-state index contributed by atoms with van der Waals surface area (Å²) >= 11 is 0. The first-order chi connectivity index (χ1) is 54.2. The van der Waals surface area contributed by atoms with Crippen LogP contribution in [-0.4, -0.2) is 235 Å². The number of carbonyl (C=O) groups excluding carboxylic acids is 18. The number of carboxylic acid groups (broad SMARTS) is 2. The molecule has 18 N–H and O–H groups in total. The fourth-order valence-electron chi connectivity index (χ4n) is 12.0. The number of aliphatic hydroxyl groups excluding tert-OH is 1. The minimum atomic E-state index is -2.34. The van der Waals surface area contributed by atoms with Crippen LogP contribution < -0.4 is 70.0 Å². The molecule has 1 aliphatic rings. The number of benzene rings is 2. The van der Waals surface area contributed by atoms with Gasteiger partial charge in [0.15, 0.2) is 23.1 Å². The number of anilines is 1. The molecule has 0 bridgehead atoms. The minimum absolute atomic E-state index is 0.00668. The maximum absolute atomic E-state index is 15.0. The summed E-state index contributed by atoms with van der Waals surface area (Å²) in [6, 6.07) is -0.656. The number of amides is 11.